The predicted octanol–water partition coefficient (Wildman–Crippen LogP) is 1.32. The van der Waals surface area contributed by atoms with E-state index in [1.807, 2.05) is 14.0 Å². The van der Waals surface area contributed by atoms with E-state index in [-0.39, 0.29) is 42.4 Å². The maximum absolute atomic E-state index is 13.6. The molecule has 134 valence electrons. The van der Waals surface area contributed by atoms with Crippen molar-refractivity contribution in [3.8, 4) is 0 Å². The van der Waals surface area contributed by atoms with Crippen molar-refractivity contribution in [2.24, 2.45) is 5.92 Å². The average molecular weight is 358 g/mol. The Morgan fingerprint density at radius 3 is 2.33 bits per heavy atom. The van der Waals surface area contributed by atoms with Gasteiger partial charge in [-0.25, -0.2) is 4.39 Å². The van der Waals surface area contributed by atoms with Gasteiger partial charge in [-0.05, 0) is 18.7 Å². The highest BCUT2D eigenvalue weighted by atomic mass is 35.5. The van der Waals surface area contributed by atoms with Crippen LogP contribution in [0.25, 0.3) is 0 Å². The van der Waals surface area contributed by atoms with Crippen LogP contribution in [0.15, 0.2) is 24.3 Å². The van der Waals surface area contributed by atoms with Crippen molar-refractivity contribution in [2.75, 3.05) is 39.8 Å². The number of rotatable bonds is 5. The van der Waals surface area contributed by atoms with E-state index < -0.39 is 0 Å². The molecule has 1 N–H and O–H groups in total. The van der Waals surface area contributed by atoms with E-state index in [9.17, 15) is 14.0 Å². The first-order valence-corrected chi connectivity index (χ1v) is 7.97. The van der Waals surface area contributed by atoms with Gasteiger partial charge in [-0.3, -0.25) is 9.59 Å². The van der Waals surface area contributed by atoms with Gasteiger partial charge in [0.2, 0.25) is 11.8 Å². The zero-order valence-electron chi connectivity index (χ0n) is 14.1. The summed E-state index contributed by atoms with van der Waals surface area (Å²) in [6.45, 7) is 4.63. The molecule has 1 saturated heterocycles. The number of hydrogen-bond acceptors (Lipinski definition) is 3. The van der Waals surface area contributed by atoms with E-state index in [0.717, 1.165) is 0 Å². The standard InChI is InChI=1S/C17H24FN3O2.ClH/c1-13(12-19-2)17(23)21-9-7-20(8-10-21)16(22)11-14-5-3-4-6-15(14)18;/h3-6,13,19H,7-12H2,1-2H3;1H. The van der Waals surface area contributed by atoms with E-state index in [0.29, 0.717) is 38.3 Å². The third-order valence-electron chi connectivity index (χ3n) is 4.18. The quantitative estimate of drug-likeness (QED) is 0.864. The van der Waals surface area contributed by atoms with E-state index in [1.54, 1.807) is 28.0 Å². The molecule has 1 aromatic carbocycles. The molecule has 0 saturated carbocycles. The summed E-state index contributed by atoms with van der Waals surface area (Å²) in [6.07, 6.45) is 0.0662. The molecule has 5 nitrogen and oxygen atoms in total. The first kappa shape index (κ1) is 20.4. The number of nitrogens with zero attached hydrogens (tertiary/aromatic N) is 2. The largest absolute Gasteiger partial charge is 0.339 e. The predicted molar refractivity (Wildman–Crippen MR) is 93.6 cm³/mol. The van der Waals surface area contributed by atoms with Gasteiger partial charge in [-0.1, -0.05) is 25.1 Å². The normalized spacial score (nSPS) is 15.6. The van der Waals surface area contributed by atoms with Crippen LogP contribution in [0.5, 0.6) is 0 Å². The maximum atomic E-state index is 13.6. The molecule has 0 bridgehead atoms. The molecular weight excluding hydrogens is 333 g/mol. The lowest BCUT2D eigenvalue weighted by Crippen LogP contribution is -2.52. The number of benzene rings is 1. The summed E-state index contributed by atoms with van der Waals surface area (Å²) in [5.41, 5.74) is 0.415. The van der Waals surface area contributed by atoms with Gasteiger partial charge in [0.05, 0.1) is 6.42 Å². The highest BCUT2D eigenvalue weighted by Gasteiger charge is 2.26. The molecule has 1 aromatic rings. The number of nitrogens with one attached hydrogen (secondary N) is 1. The van der Waals surface area contributed by atoms with Crippen molar-refractivity contribution in [1.82, 2.24) is 15.1 Å². The molecule has 1 aliphatic rings. The Labute approximate surface area is 148 Å². The number of carbonyl (C=O) groups excluding carboxylic acids is 2. The third-order valence-corrected chi connectivity index (χ3v) is 4.18. The molecule has 2 rings (SSSR count). The molecule has 1 unspecified atom stereocenters. The monoisotopic (exact) mass is 357 g/mol. The maximum Gasteiger partial charge on any atom is 0.227 e. The minimum absolute atomic E-state index is 0. The molecule has 0 spiro atoms. The number of amides is 2. The van der Waals surface area contributed by atoms with E-state index in [2.05, 4.69) is 5.32 Å². The fourth-order valence-corrected chi connectivity index (χ4v) is 2.80. The number of piperazine rings is 1. The van der Waals surface area contributed by atoms with Crippen molar-refractivity contribution in [2.45, 2.75) is 13.3 Å². The second kappa shape index (κ2) is 9.59. The Morgan fingerprint density at radius 1 is 1.17 bits per heavy atom. The molecule has 1 aliphatic heterocycles. The lowest BCUT2D eigenvalue weighted by atomic mass is 10.1. The van der Waals surface area contributed by atoms with Crippen LogP contribution in [0.2, 0.25) is 0 Å². The van der Waals surface area contributed by atoms with Gasteiger partial charge in [0.25, 0.3) is 0 Å². The zero-order chi connectivity index (χ0) is 16.8. The van der Waals surface area contributed by atoms with Crippen molar-refractivity contribution >= 4 is 24.2 Å². The number of carbonyl (C=O) groups is 2. The van der Waals surface area contributed by atoms with Crippen molar-refractivity contribution in [1.29, 1.82) is 0 Å². The first-order chi connectivity index (χ1) is 11.0. The fraction of sp³-hybridized carbons (Fsp3) is 0.529. The summed E-state index contributed by atoms with van der Waals surface area (Å²) < 4.78 is 13.6. The first-order valence-electron chi connectivity index (χ1n) is 7.97. The number of hydrogen-bond donors (Lipinski definition) is 1. The Kier molecular flexibility index (Phi) is 8.15. The van der Waals surface area contributed by atoms with Gasteiger partial charge in [0.1, 0.15) is 5.82 Å². The smallest absolute Gasteiger partial charge is 0.227 e. The van der Waals surface area contributed by atoms with Gasteiger partial charge in [0.15, 0.2) is 0 Å². The lowest BCUT2D eigenvalue weighted by molar-refractivity contribution is -0.141. The summed E-state index contributed by atoms with van der Waals surface area (Å²) in [5.74, 6) is -0.401. The second-order valence-corrected chi connectivity index (χ2v) is 5.93. The van der Waals surface area contributed by atoms with Crippen molar-refractivity contribution < 1.29 is 14.0 Å². The van der Waals surface area contributed by atoms with Crippen LogP contribution in [0.4, 0.5) is 4.39 Å². The zero-order valence-corrected chi connectivity index (χ0v) is 14.9. The van der Waals surface area contributed by atoms with Gasteiger partial charge in [-0.2, -0.15) is 0 Å². The third kappa shape index (κ3) is 5.18. The average Bonchev–Trinajstić information content (AvgIpc) is 2.56. The van der Waals surface area contributed by atoms with Gasteiger partial charge >= 0.3 is 0 Å². The van der Waals surface area contributed by atoms with Crippen LogP contribution in [-0.2, 0) is 16.0 Å². The highest BCUT2D eigenvalue weighted by Crippen LogP contribution is 2.12. The Balaban J connectivity index is 0.00000288. The summed E-state index contributed by atoms with van der Waals surface area (Å²) in [4.78, 5) is 28.0. The van der Waals surface area contributed by atoms with E-state index >= 15 is 0 Å². The molecule has 0 aromatic heterocycles. The minimum Gasteiger partial charge on any atom is -0.339 e. The van der Waals surface area contributed by atoms with Crippen LogP contribution >= 0.6 is 12.4 Å². The Hall–Kier alpha value is -1.66. The van der Waals surface area contributed by atoms with Crippen LogP contribution in [-0.4, -0.2) is 61.4 Å². The molecule has 1 heterocycles. The fourth-order valence-electron chi connectivity index (χ4n) is 2.80. The Bertz CT molecular complexity index is 563. The van der Waals surface area contributed by atoms with Gasteiger partial charge in [-0.15, -0.1) is 12.4 Å². The molecule has 1 atom stereocenters. The van der Waals surface area contributed by atoms with Crippen LogP contribution in [0.3, 0.4) is 0 Å². The van der Waals surface area contributed by atoms with E-state index in [1.165, 1.54) is 6.07 Å². The van der Waals surface area contributed by atoms with Crippen LogP contribution in [0.1, 0.15) is 12.5 Å². The molecule has 0 aliphatic carbocycles. The molecule has 1 fully saturated rings. The second-order valence-electron chi connectivity index (χ2n) is 5.93. The van der Waals surface area contributed by atoms with Crippen LogP contribution in [0, 0.1) is 11.7 Å². The van der Waals surface area contributed by atoms with E-state index in [4.69, 9.17) is 0 Å². The summed E-state index contributed by atoms with van der Waals surface area (Å²) in [6, 6.07) is 6.33. The molecule has 7 heteroatoms. The molecule has 2 amide bonds. The lowest BCUT2D eigenvalue weighted by Gasteiger charge is -2.36. The Morgan fingerprint density at radius 2 is 1.75 bits per heavy atom. The molecular formula is C17H25ClFN3O2. The highest BCUT2D eigenvalue weighted by molar-refractivity contribution is 5.85. The van der Waals surface area contributed by atoms with Gasteiger partial charge < -0.3 is 15.1 Å². The molecule has 0 radical (unpaired) electrons. The SMILES string of the molecule is CNCC(C)C(=O)N1CCN(C(=O)Cc2ccccc2F)CC1.Cl. The topological polar surface area (TPSA) is 52.7 Å². The van der Waals surface area contributed by atoms with Crippen molar-refractivity contribution in [3.05, 3.63) is 35.6 Å². The van der Waals surface area contributed by atoms with Crippen molar-refractivity contribution in [3.63, 3.8) is 0 Å². The minimum atomic E-state index is -0.351. The summed E-state index contributed by atoms with van der Waals surface area (Å²) in [5, 5.41) is 3.00. The number of halogens is 2. The summed E-state index contributed by atoms with van der Waals surface area (Å²) >= 11 is 0. The molecule has 24 heavy (non-hydrogen) atoms. The van der Waals surface area contributed by atoms with Crippen LogP contribution < -0.4 is 5.32 Å². The summed E-state index contributed by atoms with van der Waals surface area (Å²) in [7, 11) is 1.82. The van der Waals surface area contributed by atoms with Gasteiger partial charge in [0, 0.05) is 38.6 Å².